The molecule has 2 rings (SSSR count). The molecule has 0 bridgehead atoms. The van der Waals surface area contributed by atoms with Crippen LogP contribution in [0.1, 0.15) is 26.7 Å². The van der Waals surface area contributed by atoms with Crippen molar-refractivity contribution in [2.45, 2.75) is 37.6 Å². The van der Waals surface area contributed by atoms with E-state index >= 15 is 0 Å². The van der Waals surface area contributed by atoms with Gasteiger partial charge < -0.3 is 5.73 Å². The average molecular weight is 347 g/mol. The molecule has 1 aliphatic heterocycles. The summed E-state index contributed by atoms with van der Waals surface area (Å²) in [5.74, 6) is 0.317. The molecule has 1 atom stereocenters. The van der Waals surface area contributed by atoms with Gasteiger partial charge in [-0.3, -0.25) is 0 Å². The first-order valence-electron chi connectivity index (χ1n) is 6.41. The first kappa shape index (κ1) is 14.8. The second kappa shape index (κ2) is 5.42. The van der Waals surface area contributed by atoms with Crippen molar-refractivity contribution in [3.8, 4) is 0 Å². The molecule has 19 heavy (non-hydrogen) atoms. The van der Waals surface area contributed by atoms with E-state index in [1.807, 2.05) is 0 Å². The molecular weight excluding hydrogens is 328 g/mol. The van der Waals surface area contributed by atoms with Crippen LogP contribution in [0.25, 0.3) is 0 Å². The van der Waals surface area contributed by atoms with Gasteiger partial charge in [0.1, 0.15) is 0 Å². The average Bonchev–Trinajstić information content (AvgIpc) is 2.82. The molecule has 0 aliphatic carbocycles. The zero-order chi connectivity index (χ0) is 14.2. The number of anilines is 1. The van der Waals surface area contributed by atoms with Gasteiger partial charge in [-0.05, 0) is 52.9 Å². The van der Waals surface area contributed by atoms with E-state index in [1.165, 1.54) is 6.07 Å². The van der Waals surface area contributed by atoms with E-state index in [4.69, 9.17) is 5.73 Å². The minimum Gasteiger partial charge on any atom is -0.399 e. The van der Waals surface area contributed by atoms with Crippen LogP contribution in [0.4, 0.5) is 5.69 Å². The molecule has 1 aromatic carbocycles. The molecule has 1 aliphatic rings. The Bertz CT molecular complexity index is 572. The predicted octanol–water partition coefficient (Wildman–Crippen LogP) is 2.84. The van der Waals surface area contributed by atoms with Crippen molar-refractivity contribution in [1.82, 2.24) is 4.31 Å². The molecule has 1 aromatic rings. The highest BCUT2D eigenvalue weighted by atomic mass is 79.9. The monoisotopic (exact) mass is 346 g/mol. The van der Waals surface area contributed by atoms with E-state index in [0.717, 1.165) is 12.8 Å². The number of hydrogen-bond donors (Lipinski definition) is 1. The van der Waals surface area contributed by atoms with E-state index in [1.54, 1.807) is 16.4 Å². The Morgan fingerprint density at radius 2 is 2.11 bits per heavy atom. The van der Waals surface area contributed by atoms with E-state index in [2.05, 4.69) is 29.8 Å². The Balaban J connectivity index is 2.45. The summed E-state index contributed by atoms with van der Waals surface area (Å²) in [4.78, 5) is 0.264. The third-order valence-electron chi connectivity index (χ3n) is 3.56. The van der Waals surface area contributed by atoms with Crippen LogP contribution in [-0.2, 0) is 10.0 Å². The lowest BCUT2D eigenvalue weighted by Crippen LogP contribution is -2.38. The van der Waals surface area contributed by atoms with Gasteiger partial charge in [0.05, 0.1) is 4.90 Å². The number of benzene rings is 1. The van der Waals surface area contributed by atoms with Crippen molar-refractivity contribution in [2.75, 3.05) is 12.3 Å². The fraction of sp³-hybridized carbons (Fsp3) is 0.538. The fourth-order valence-electron chi connectivity index (χ4n) is 2.57. The van der Waals surface area contributed by atoms with Gasteiger partial charge in [-0.25, -0.2) is 8.42 Å². The molecule has 1 unspecified atom stereocenters. The topological polar surface area (TPSA) is 63.4 Å². The molecule has 0 spiro atoms. The molecule has 0 saturated carbocycles. The Labute approximate surface area is 123 Å². The minimum atomic E-state index is -3.48. The highest BCUT2D eigenvalue weighted by Crippen LogP contribution is 2.33. The Morgan fingerprint density at radius 3 is 2.74 bits per heavy atom. The van der Waals surface area contributed by atoms with Crippen molar-refractivity contribution < 1.29 is 8.42 Å². The molecule has 2 N–H and O–H groups in total. The van der Waals surface area contributed by atoms with E-state index in [-0.39, 0.29) is 10.9 Å². The largest absolute Gasteiger partial charge is 0.399 e. The van der Waals surface area contributed by atoms with Crippen molar-refractivity contribution in [2.24, 2.45) is 5.92 Å². The predicted molar refractivity (Wildman–Crippen MR) is 80.3 cm³/mol. The highest BCUT2D eigenvalue weighted by molar-refractivity contribution is 9.10. The number of nitrogens with zero attached hydrogens (tertiary/aromatic N) is 1. The summed E-state index contributed by atoms with van der Waals surface area (Å²) in [6.07, 6.45) is 1.85. The van der Waals surface area contributed by atoms with Gasteiger partial charge >= 0.3 is 0 Å². The number of nitrogens with two attached hydrogens (primary N) is 1. The molecule has 0 aromatic heterocycles. The standard InChI is InChI=1S/C13H19BrN2O2S/c1-9(2)12-4-3-7-16(12)19(17,18)13-8-10(15)5-6-11(13)14/h5-6,8-9,12H,3-4,7,15H2,1-2H3. The van der Waals surface area contributed by atoms with Gasteiger partial charge in [0, 0.05) is 22.7 Å². The van der Waals surface area contributed by atoms with E-state index < -0.39 is 10.0 Å². The van der Waals surface area contributed by atoms with Crippen LogP contribution in [0, 0.1) is 5.92 Å². The van der Waals surface area contributed by atoms with Crippen molar-refractivity contribution in [1.29, 1.82) is 0 Å². The summed E-state index contributed by atoms with van der Waals surface area (Å²) in [6.45, 7) is 4.71. The first-order chi connectivity index (χ1) is 8.84. The number of nitrogen functional groups attached to an aromatic ring is 1. The second-order valence-electron chi connectivity index (χ2n) is 5.26. The van der Waals surface area contributed by atoms with Crippen LogP contribution in [-0.4, -0.2) is 25.3 Å². The zero-order valence-corrected chi connectivity index (χ0v) is 13.5. The number of rotatable bonds is 3. The normalized spacial score (nSPS) is 21.2. The van der Waals surface area contributed by atoms with E-state index in [0.29, 0.717) is 22.6 Å². The van der Waals surface area contributed by atoms with Crippen LogP contribution in [0.15, 0.2) is 27.6 Å². The summed E-state index contributed by atoms with van der Waals surface area (Å²) < 4.78 is 27.7. The molecule has 4 nitrogen and oxygen atoms in total. The van der Waals surface area contributed by atoms with Crippen LogP contribution < -0.4 is 5.73 Å². The number of halogens is 1. The molecule has 1 heterocycles. The molecule has 1 fully saturated rings. The highest BCUT2D eigenvalue weighted by Gasteiger charge is 2.37. The summed E-state index contributed by atoms with van der Waals surface area (Å²) in [5, 5.41) is 0. The van der Waals surface area contributed by atoms with Gasteiger partial charge in [-0.15, -0.1) is 0 Å². The van der Waals surface area contributed by atoms with Crippen molar-refractivity contribution in [3.63, 3.8) is 0 Å². The summed E-state index contributed by atoms with van der Waals surface area (Å²) in [6, 6.07) is 4.98. The Kier molecular flexibility index (Phi) is 4.23. The Morgan fingerprint density at radius 1 is 1.42 bits per heavy atom. The van der Waals surface area contributed by atoms with Crippen LogP contribution in [0.3, 0.4) is 0 Å². The van der Waals surface area contributed by atoms with Crippen LogP contribution >= 0.6 is 15.9 Å². The van der Waals surface area contributed by atoms with Gasteiger partial charge in [-0.2, -0.15) is 4.31 Å². The fourth-order valence-corrected chi connectivity index (χ4v) is 5.36. The maximum atomic E-state index is 12.8. The van der Waals surface area contributed by atoms with Gasteiger partial charge in [0.25, 0.3) is 0 Å². The third-order valence-corrected chi connectivity index (χ3v) is 6.48. The molecule has 1 saturated heterocycles. The lowest BCUT2D eigenvalue weighted by molar-refractivity contribution is 0.315. The van der Waals surface area contributed by atoms with Gasteiger partial charge in [0.2, 0.25) is 10.0 Å². The molecule has 0 amide bonds. The van der Waals surface area contributed by atoms with Crippen molar-refractivity contribution in [3.05, 3.63) is 22.7 Å². The third kappa shape index (κ3) is 2.80. The molecule has 0 radical (unpaired) electrons. The van der Waals surface area contributed by atoms with Crippen LogP contribution in [0.5, 0.6) is 0 Å². The molecular formula is C13H19BrN2O2S. The Hall–Kier alpha value is -0.590. The summed E-state index contributed by atoms with van der Waals surface area (Å²) in [7, 11) is -3.48. The lowest BCUT2D eigenvalue weighted by atomic mass is 10.0. The smallest absolute Gasteiger partial charge is 0.244 e. The van der Waals surface area contributed by atoms with Crippen LogP contribution in [0.2, 0.25) is 0 Å². The number of sulfonamides is 1. The molecule has 106 valence electrons. The number of hydrogen-bond acceptors (Lipinski definition) is 3. The quantitative estimate of drug-likeness (QED) is 0.856. The molecule has 6 heteroatoms. The van der Waals surface area contributed by atoms with Crippen molar-refractivity contribution >= 4 is 31.6 Å². The maximum Gasteiger partial charge on any atom is 0.244 e. The summed E-state index contributed by atoms with van der Waals surface area (Å²) >= 11 is 3.31. The lowest BCUT2D eigenvalue weighted by Gasteiger charge is -2.27. The first-order valence-corrected chi connectivity index (χ1v) is 8.64. The van der Waals surface area contributed by atoms with Gasteiger partial charge in [0.15, 0.2) is 0 Å². The van der Waals surface area contributed by atoms with E-state index in [9.17, 15) is 8.42 Å². The second-order valence-corrected chi connectivity index (χ2v) is 7.97. The maximum absolute atomic E-state index is 12.8. The minimum absolute atomic E-state index is 0.0818. The SMILES string of the molecule is CC(C)C1CCCN1S(=O)(=O)c1cc(N)ccc1Br. The summed E-state index contributed by atoms with van der Waals surface area (Å²) in [5.41, 5.74) is 6.17. The zero-order valence-electron chi connectivity index (χ0n) is 11.1. The van der Waals surface area contributed by atoms with Gasteiger partial charge in [-0.1, -0.05) is 13.8 Å².